The SMILES string of the molecule is CNc1cc(COC2CCCc3ccccc32)ccn1. The van der Waals surface area contributed by atoms with Crippen molar-refractivity contribution in [2.24, 2.45) is 0 Å². The van der Waals surface area contributed by atoms with Crippen LogP contribution < -0.4 is 5.32 Å². The monoisotopic (exact) mass is 268 g/mol. The highest BCUT2D eigenvalue weighted by molar-refractivity contribution is 5.36. The lowest BCUT2D eigenvalue weighted by atomic mass is 9.89. The van der Waals surface area contributed by atoms with Crippen LogP contribution in [-0.4, -0.2) is 12.0 Å². The number of ether oxygens (including phenoxy) is 1. The lowest BCUT2D eigenvalue weighted by molar-refractivity contribution is 0.0282. The number of hydrogen-bond acceptors (Lipinski definition) is 3. The van der Waals surface area contributed by atoms with Gasteiger partial charge in [-0.3, -0.25) is 0 Å². The van der Waals surface area contributed by atoms with E-state index in [4.69, 9.17) is 4.74 Å². The normalized spacial score (nSPS) is 17.6. The second kappa shape index (κ2) is 6.06. The molecule has 1 atom stereocenters. The molecule has 104 valence electrons. The molecule has 3 heteroatoms. The molecule has 3 nitrogen and oxygen atoms in total. The molecule has 1 heterocycles. The van der Waals surface area contributed by atoms with Crippen molar-refractivity contribution in [2.45, 2.75) is 32.0 Å². The summed E-state index contributed by atoms with van der Waals surface area (Å²) in [6.45, 7) is 0.635. The maximum atomic E-state index is 6.14. The Morgan fingerprint density at radius 3 is 3.10 bits per heavy atom. The molecule has 1 aromatic carbocycles. The van der Waals surface area contributed by atoms with E-state index in [9.17, 15) is 0 Å². The third-order valence-corrected chi connectivity index (χ3v) is 3.85. The number of rotatable bonds is 4. The maximum Gasteiger partial charge on any atom is 0.125 e. The van der Waals surface area contributed by atoms with Crippen LogP contribution in [0.3, 0.4) is 0 Å². The fraction of sp³-hybridized carbons (Fsp3) is 0.353. The van der Waals surface area contributed by atoms with Crippen LogP contribution in [0.2, 0.25) is 0 Å². The summed E-state index contributed by atoms with van der Waals surface area (Å²) < 4.78 is 6.14. The molecule has 3 rings (SSSR count). The number of fused-ring (bicyclic) bond motifs is 1. The Bertz CT molecular complexity index is 583. The van der Waals surface area contributed by atoms with Gasteiger partial charge in [-0.05, 0) is 48.1 Å². The molecule has 0 saturated heterocycles. The molecule has 0 spiro atoms. The fourth-order valence-corrected chi connectivity index (χ4v) is 2.78. The lowest BCUT2D eigenvalue weighted by Crippen LogP contribution is -2.12. The number of benzene rings is 1. The van der Waals surface area contributed by atoms with E-state index in [-0.39, 0.29) is 6.10 Å². The maximum absolute atomic E-state index is 6.14. The van der Waals surface area contributed by atoms with Crippen molar-refractivity contribution in [3.05, 3.63) is 59.3 Å². The number of nitrogens with one attached hydrogen (secondary N) is 1. The number of pyridine rings is 1. The van der Waals surface area contributed by atoms with Gasteiger partial charge >= 0.3 is 0 Å². The highest BCUT2D eigenvalue weighted by Crippen LogP contribution is 2.32. The standard InChI is InChI=1S/C17H20N2O/c1-18-17-11-13(9-10-19-17)12-20-16-8-4-6-14-5-2-3-7-15(14)16/h2-3,5,7,9-11,16H,4,6,8,12H2,1H3,(H,18,19). The summed E-state index contributed by atoms with van der Waals surface area (Å²) in [5.41, 5.74) is 3.96. The molecule has 0 bridgehead atoms. The van der Waals surface area contributed by atoms with E-state index >= 15 is 0 Å². The van der Waals surface area contributed by atoms with Crippen molar-refractivity contribution >= 4 is 5.82 Å². The van der Waals surface area contributed by atoms with Crippen LogP contribution >= 0.6 is 0 Å². The fourth-order valence-electron chi connectivity index (χ4n) is 2.78. The first-order valence-corrected chi connectivity index (χ1v) is 7.19. The van der Waals surface area contributed by atoms with Crippen LogP contribution in [0.15, 0.2) is 42.6 Å². The summed E-state index contributed by atoms with van der Waals surface area (Å²) in [5.74, 6) is 0.884. The number of hydrogen-bond donors (Lipinski definition) is 1. The van der Waals surface area contributed by atoms with Gasteiger partial charge in [-0.15, -0.1) is 0 Å². The van der Waals surface area contributed by atoms with Crippen molar-refractivity contribution in [3.63, 3.8) is 0 Å². The number of anilines is 1. The first-order chi connectivity index (χ1) is 9.86. The third kappa shape index (κ3) is 2.83. The molecule has 0 saturated carbocycles. The largest absolute Gasteiger partial charge is 0.373 e. The highest BCUT2D eigenvalue weighted by atomic mass is 16.5. The Morgan fingerprint density at radius 2 is 2.20 bits per heavy atom. The average molecular weight is 268 g/mol. The zero-order chi connectivity index (χ0) is 13.8. The van der Waals surface area contributed by atoms with Crippen LogP contribution in [0.1, 0.15) is 35.6 Å². The quantitative estimate of drug-likeness (QED) is 0.917. The molecule has 1 aromatic heterocycles. The molecule has 1 unspecified atom stereocenters. The minimum atomic E-state index is 0.228. The molecule has 1 N–H and O–H groups in total. The van der Waals surface area contributed by atoms with Gasteiger partial charge in [-0.2, -0.15) is 0 Å². The van der Waals surface area contributed by atoms with Crippen LogP contribution in [0.5, 0.6) is 0 Å². The second-order valence-electron chi connectivity index (χ2n) is 5.19. The number of aromatic nitrogens is 1. The summed E-state index contributed by atoms with van der Waals surface area (Å²) in [4.78, 5) is 4.22. The number of aryl methyl sites for hydroxylation is 1. The van der Waals surface area contributed by atoms with Crippen LogP contribution in [0.4, 0.5) is 5.82 Å². The van der Waals surface area contributed by atoms with Crippen LogP contribution in [0, 0.1) is 0 Å². The predicted molar refractivity (Wildman–Crippen MR) is 80.7 cm³/mol. The van der Waals surface area contributed by atoms with Gasteiger partial charge < -0.3 is 10.1 Å². The molecule has 0 radical (unpaired) electrons. The predicted octanol–water partition coefficient (Wildman–Crippen LogP) is 3.72. The summed E-state index contributed by atoms with van der Waals surface area (Å²) in [5, 5.41) is 3.05. The van der Waals surface area contributed by atoms with Gasteiger partial charge in [-0.25, -0.2) is 4.98 Å². The minimum absolute atomic E-state index is 0.228. The topological polar surface area (TPSA) is 34.1 Å². The lowest BCUT2D eigenvalue weighted by Gasteiger charge is -2.25. The van der Waals surface area contributed by atoms with Crippen molar-refractivity contribution in [1.82, 2.24) is 4.98 Å². The Kier molecular flexibility index (Phi) is 3.97. The molecule has 0 amide bonds. The van der Waals surface area contributed by atoms with Gasteiger partial charge in [0.15, 0.2) is 0 Å². The van der Waals surface area contributed by atoms with Gasteiger partial charge in [0.2, 0.25) is 0 Å². The third-order valence-electron chi connectivity index (χ3n) is 3.85. The van der Waals surface area contributed by atoms with E-state index < -0.39 is 0 Å². The van der Waals surface area contributed by atoms with E-state index in [0.717, 1.165) is 17.8 Å². The van der Waals surface area contributed by atoms with E-state index in [0.29, 0.717) is 6.61 Å². The Morgan fingerprint density at radius 1 is 1.30 bits per heavy atom. The van der Waals surface area contributed by atoms with Gasteiger partial charge in [0.05, 0.1) is 12.7 Å². The zero-order valence-electron chi connectivity index (χ0n) is 11.8. The van der Waals surface area contributed by atoms with Crippen molar-refractivity contribution < 1.29 is 4.74 Å². The second-order valence-corrected chi connectivity index (χ2v) is 5.19. The summed E-state index contributed by atoms with van der Waals surface area (Å²) in [6, 6.07) is 12.7. The Labute approximate surface area is 120 Å². The van der Waals surface area contributed by atoms with Crippen molar-refractivity contribution in [3.8, 4) is 0 Å². The van der Waals surface area contributed by atoms with E-state index in [1.807, 2.05) is 25.4 Å². The van der Waals surface area contributed by atoms with Gasteiger partial charge in [0.1, 0.15) is 5.82 Å². The van der Waals surface area contributed by atoms with E-state index in [2.05, 4.69) is 34.6 Å². The molecular weight excluding hydrogens is 248 g/mol. The summed E-state index contributed by atoms with van der Waals surface area (Å²) in [6.07, 6.45) is 5.54. The number of nitrogens with zero attached hydrogens (tertiary/aromatic N) is 1. The molecule has 1 aliphatic rings. The Balaban J connectivity index is 1.70. The first-order valence-electron chi connectivity index (χ1n) is 7.19. The van der Waals surface area contributed by atoms with Gasteiger partial charge in [0.25, 0.3) is 0 Å². The Hall–Kier alpha value is -1.87. The molecule has 20 heavy (non-hydrogen) atoms. The average Bonchev–Trinajstić information content (AvgIpc) is 2.53. The van der Waals surface area contributed by atoms with Crippen molar-refractivity contribution in [1.29, 1.82) is 0 Å². The van der Waals surface area contributed by atoms with Crippen LogP contribution in [-0.2, 0) is 17.8 Å². The van der Waals surface area contributed by atoms with E-state index in [1.165, 1.54) is 24.0 Å². The molecule has 1 aliphatic carbocycles. The smallest absolute Gasteiger partial charge is 0.125 e. The molecule has 2 aromatic rings. The zero-order valence-corrected chi connectivity index (χ0v) is 11.8. The molecule has 0 fully saturated rings. The highest BCUT2D eigenvalue weighted by Gasteiger charge is 2.20. The minimum Gasteiger partial charge on any atom is -0.373 e. The summed E-state index contributed by atoms with van der Waals surface area (Å²) in [7, 11) is 1.88. The van der Waals surface area contributed by atoms with Gasteiger partial charge in [0, 0.05) is 13.2 Å². The van der Waals surface area contributed by atoms with E-state index in [1.54, 1.807) is 0 Å². The summed E-state index contributed by atoms with van der Waals surface area (Å²) >= 11 is 0. The first kappa shape index (κ1) is 13.1. The van der Waals surface area contributed by atoms with Crippen molar-refractivity contribution in [2.75, 3.05) is 12.4 Å². The molecule has 0 aliphatic heterocycles. The van der Waals surface area contributed by atoms with Gasteiger partial charge in [-0.1, -0.05) is 24.3 Å². The molecular formula is C17H20N2O. The van der Waals surface area contributed by atoms with Crippen LogP contribution in [0.25, 0.3) is 0 Å².